The van der Waals surface area contributed by atoms with Crippen LogP contribution in [-0.2, 0) is 4.74 Å². The molecule has 2 heterocycles. The van der Waals surface area contributed by atoms with Crippen molar-refractivity contribution < 1.29 is 9.66 Å². The molecule has 78 valence electrons. The molecule has 0 fully saturated rings. The SMILES string of the molecule is Nc1cc(C2=NCCO2)c([N+](=O)[O-])cn1. The fourth-order valence-corrected chi connectivity index (χ4v) is 1.28. The number of pyridine rings is 1. The van der Waals surface area contributed by atoms with E-state index in [-0.39, 0.29) is 23.0 Å². The molecule has 2 rings (SSSR count). The first-order valence-electron chi connectivity index (χ1n) is 4.26. The van der Waals surface area contributed by atoms with Gasteiger partial charge >= 0.3 is 0 Å². The number of hydrogen-bond donors (Lipinski definition) is 1. The Labute approximate surface area is 84.7 Å². The zero-order chi connectivity index (χ0) is 10.8. The summed E-state index contributed by atoms with van der Waals surface area (Å²) < 4.78 is 5.15. The van der Waals surface area contributed by atoms with Gasteiger partial charge in [-0.2, -0.15) is 0 Å². The van der Waals surface area contributed by atoms with Crippen LogP contribution in [0.15, 0.2) is 17.3 Å². The Balaban J connectivity index is 2.51. The first-order chi connectivity index (χ1) is 7.18. The lowest BCUT2D eigenvalue weighted by atomic mass is 10.2. The topological polar surface area (TPSA) is 104 Å². The molecular formula is C8H8N4O3. The summed E-state index contributed by atoms with van der Waals surface area (Å²) in [6, 6.07) is 1.39. The van der Waals surface area contributed by atoms with Crippen molar-refractivity contribution in [3.63, 3.8) is 0 Å². The van der Waals surface area contributed by atoms with Gasteiger partial charge in [-0.3, -0.25) is 10.1 Å². The molecule has 7 nitrogen and oxygen atoms in total. The first-order valence-corrected chi connectivity index (χ1v) is 4.26. The summed E-state index contributed by atoms with van der Waals surface area (Å²) in [5.41, 5.74) is 5.59. The summed E-state index contributed by atoms with van der Waals surface area (Å²) in [4.78, 5) is 17.8. The molecule has 0 saturated heterocycles. The second-order valence-electron chi connectivity index (χ2n) is 2.92. The third-order valence-corrected chi connectivity index (χ3v) is 1.92. The van der Waals surface area contributed by atoms with E-state index in [2.05, 4.69) is 9.98 Å². The third-order valence-electron chi connectivity index (χ3n) is 1.92. The lowest BCUT2D eigenvalue weighted by Crippen LogP contribution is -2.07. The number of ether oxygens (including phenoxy) is 1. The summed E-state index contributed by atoms with van der Waals surface area (Å²) in [6.07, 6.45) is 1.11. The Kier molecular flexibility index (Phi) is 2.20. The van der Waals surface area contributed by atoms with Gasteiger partial charge in [0.1, 0.15) is 24.2 Å². The second-order valence-corrected chi connectivity index (χ2v) is 2.92. The number of aliphatic imine (C=N–C) groups is 1. The van der Waals surface area contributed by atoms with Crippen LogP contribution in [0.1, 0.15) is 5.56 Å². The maximum Gasteiger partial charge on any atom is 0.300 e. The van der Waals surface area contributed by atoms with Crippen molar-refractivity contribution in [2.75, 3.05) is 18.9 Å². The Morgan fingerprint density at radius 2 is 2.40 bits per heavy atom. The smallest absolute Gasteiger partial charge is 0.300 e. The van der Waals surface area contributed by atoms with E-state index in [0.717, 1.165) is 6.20 Å². The molecule has 0 radical (unpaired) electrons. The quantitative estimate of drug-likeness (QED) is 0.557. The highest BCUT2D eigenvalue weighted by atomic mass is 16.6. The minimum atomic E-state index is -0.536. The predicted molar refractivity (Wildman–Crippen MR) is 52.7 cm³/mol. The first kappa shape index (κ1) is 9.38. The van der Waals surface area contributed by atoms with E-state index in [1.54, 1.807) is 0 Å². The van der Waals surface area contributed by atoms with Gasteiger partial charge in [0.15, 0.2) is 0 Å². The van der Waals surface area contributed by atoms with Crippen LogP contribution in [0.2, 0.25) is 0 Å². The molecule has 0 bridgehead atoms. The number of hydrogen-bond acceptors (Lipinski definition) is 6. The van der Waals surface area contributed by atoms with Crippen molar-refractivity contribution in [2.24, 2.45) is 4.99 Å². The van der Waals surface area contributed by atoms with Gasteiger partial charge in [-0.05, 0) is 6.07 Å². The lowest BCUT2D eigenvalue weighted by Gasteiger charge is -2.03. The van der Waals surface area contributed by atoms with Crippen molar-refractivity contribution in [1.82, 2.24) is 4.98 Å². The van der Waals surface area contributed by atoms with E-state index < -0.39 is 4.92 Å². The van der Waals surface area contributed by atoms with Gasteiger partial charge in [-0.15, -0.1) is 0 Å². The maximum absolute atomic E-state index is 10.7. The van der Waals surface area contributed by atoms with Crippen molar-refractivity contribution in [2.45, 2.75) is 0 Å². The Bertz CT molecular complexity index is 444. The van der Waals surface area contributed by atoms with Gasteiger partial charge in [-0.1, -0.05) is 0 Å². The minimum Gasteiger partial charge on any atom is -0.475 e. The van der Waals surface area contributed by atoms with Crippen molar-refractivity contribution in [1.29, 1.82) is 0 Å². The number of rotatable bonds is 2. The summed E-state index contributed by atoms with van der Waals surface area (Å²) in [7, 11) is 0. The number of anilines is 1. The Morgan fingerprint density at radius 1 is 1.60 bits per heavy atom. The lowest BCUT2D eigenvalue weighted by molar-refractivity contribution is -0.385. The van der Waals surface area contributed by atoms with Crippen LogP contribution in [0, 0.1) is 10.1 Å². The standard InChI is InChI=1S/C8H8N4O3/c9-7-3-5(8-10-1-2-15-8)6(4-11-7)12(13)14/h3-4H,1-2H2,(H2,9,11). The van der Waals surface area contributed by atoms with Gasteiger partial charge in [0.05, 0.1) is 11.5 Å². The van der Waals surface area contributed by atoms with E-state index in [0.29, 0.717) is 13.2 Å². The predicted octanol–water partition coefficient (Wildman–Crippen LogP) is 0.349. The van der Waals surface area contributed by atoms with Crippen LogP contribution >= 0.6 is 0 Å². The van der Waals surface area contributed by atoms with Gasteiger partial charge in [0.2, 0.25) is 5.90 Å². The Hall–Kier alpha value is -2.18. The van der Waals surface area contributed by atoms with Crippen LogP contribution < -0.4 is 5.73 Å². The average molecular weight is 208 g/mol. The highest BCUT2D eigenvalue weighted by molar-refractivity contribution is 5.99. The van der Waals surface area contributed by atoms with Gasteiger partial charge < -0.3 is 10.5 Å². The fourth-order valence-electron chi connectivity index (χ4n) is 1.28. The molecule has 2 N–H and O–H groups in total. The largest absolute Gasteiger partial charge is 0.475 e. The number of nitrogen functional groups attached to an aromatic ring is 1. The molecule has 1 aromatic rings. The number of nitrogens with zero attached hydrogens (tertiary/aromatic N) is 3. The molecule has 0 spiro atoms. The molecule has 0 aromatic carbocycles. The van der Waals surface area contributed by atoms with Crippen molar-refractivity contribution >= 4 is 17.4 Å². The number of aromatic nitrogens is 1. The molecule has 0 unspecified atom stereocenters. The zero-order valence-electron chi connectivity index (χ0n) is 7.71. The molecular weight excluding hydrogens is 200 g/mol. The van der Waals surface area contributed by atoms with E-state index in [1.165, 1.54) is 6.07 Å². The van der Waals surface area contributed by atoms with Crippen LogP contribution in [0.4, 0.5) is 11.5 Å². The van der Waals surface area contributed by atoms with Crippen LogP contribution in [-0.4, -0.2) is 29.0 Å². The molecule has 1 aliphatic heterocycles. The molecule has 0 saturated carbocycles. The van der Waals surface area contributed by atoms with Gasteiger partial charge in [0, 0.05) is 0 Å². The van der Waals surface area contributed by atoms with E-state index in [9.17, 15) is 10.1 Å². The summed E-state index contributed by atoms with van der Waals surface area (Å²) in [6.45, 7) is 0.948. The minimum absolute atomic E-state index is 0.148. The molecule has 15 heavy (non-hydrogen) atoms. The van der Waals surface area contributed by atoms with Crippen LogP contribution in [0.3, 0.4) is 0 Å². The van der Waals surface area contributed by atoms with Gasteiger partial charge in [-0.25, -0.2) is 9.98 Å². The van der Waals surface area contributed by atoms with E-state index in [1.807, 2.05) is 0 Å². The second kappa shape index (κ2) is 3.52. The van der Waals surface area contributed by atoms with Crippen molar-refractivity contribution in [3.8, 4) is 0 Å². The number of nitrogens with two attached hydrogens (primary N) is 1. The average Bonchev–Trinajstić information content (AvgIpc) is 2.69. The van der Waals surface area contributed by atoms with E-state index in [4.69, 9.17) is 10.5 Å². The third kappa shape index (κ3) is 1.71. The Morgan fingerprint density at radius 3 is 3.00 bits per heavy atom. The summed E-state index contributed by atoms with van der Waals surface area (Å²) in [5.74, 6) is 0.463. The molecule has 1 aliphatic rings. The fraction of sp³-hybridized carbons (Fsp3) is 0.250. The summed E-state index contributed by atoms with van der Waals surface area (Å²) in [5, 5.41) is 10.7. The molecule has 0 amide bonds. The summed E-state index contributed by atoms with van der Waals surface area (Å²) >= 11 is 0. The monoisotopic (exact) mass is 208 g/mol. The zero-order valence-corrected chi connectivity index (χ0v) is 7.71. The highest BCUT2D eigenvalue weighted by Gasteiger charge is 2.22. The maximum atomic E-state index is 10.7. The van der Waals surface area contributed by atoms with Crippen LogP contribution in [0.25, 0.3) is 0 Å². The van der Waals surface area contributed by atoms with E-state index >= 15 is 0 Å². The van der Waals surface area contributed by atoms with Gasteiger partial charge in [0.25, 0.3) is 5.69 Å². The van der Waals surface area contributed by atoms with Crippen LogP contribution in [0.5, 0.6) is 0 Å². The molecule has 7 heteroatoms. The molecule has 1 aromatic heterocycles. The van der Waals surface area contributed by atoms with Crippen molar-refractivity contribution in [3.05, 3.63) is 27.9 Å². The molecule has 0 aliphatic carbocycles. The molecule has 0 atom stereocenters. The number of nitro groups is 1. The highest BCUT2D eigenvalue weighted by Crippen LogP contribution is 2.21. The normalized spacial score (nSPS) is 14.5.